The van der Waals surface area contributed by atoms with Crippen LogP contribution in [0.15, 0.2) is 24.3 Å². The molecule has 0 bridgehead atoms. The quantitative estimate of drug-likeness (QED) is 0.521. The fraction of sp³-hybridized carbons (Fsp3) is 0.364. The fourth-order valence-corrected chi connectivity index (χ4v) is 1.80. The first kappa shape index (κ1) is 17.7. The topological polar surface area (TPSA) is 101 Å². The first-order valence-corrected chi connectivity index (χ1v) is 7.36. The first-order valence-electron chi connectivity index (χ1n) is 5.47. The highest BCUT2D eigenvalue weighted by molar-refractivity contribution is 7.88. The maximum Gasteiger partial charge on any atom is 0.251 e. The molecule has 0 aliphatic heterocycles. The smallest absolute Gasteiger partial charge is 0.251 e. The van der Waals surface area contributed by atoms with E-state index in [1.165, 1.54) is 0 Å². The van der Waals surface area contributed by atoms with E-state index < -0.39 is 10.0 Å². The van der Waals surface area contributed by atoms with Crippen LogP contribution in [0, 0.1) is 0 Å². The van der Waals surface area contributed by atoms with Crippen molar-refractivity contribution < 1.29 is 13.2 Å². The van der Waals surface area contributed by atoms with Gasteiger partial charge in [0.15, 0.2) is 0 Å². The summed E-state index contributed by atoms with van der Waals surface area (Å²) in [5.74, 6) is -0.200. The van der Waals surface area contributed by atoms with Crippen LogP contribution in [0.5, 0.6) is 0 Å². The molecule has 0 aliphatic carbocycles. The van der Waals surface area contributed by atoms with Gasteiger partial charge in [-0.25, -0.2) is 13.1 Å². The number of nitrogens with one attached hydrogen (secondary N) is 2. The molecule has 0 atom stereocenters. The Morgan fingerprint density at radius 2 is 1.79 bits per heavy atom. The summed E-state index contributed by atoms with van der Waals surface area (Å²) >= 11 is 0. The summed E-state index contributed by atoms with van der Waals surface area (Å²) in [6, 6.07) is 6.58. The van der Waals surface area contributed by atoms with Gasteiger partial charge in [-0.3, -0.25) is 4.79 Å². The average Bonchev–Trinajstić information content (AvgIpc) is 2.27. The molecule has 4 N–H and O–H groups in total. The summed E-state index contributed by atoms with van der Waals surface area (Å²) in [4.78, 5) is 11.6. The van der Waals surface area contributed by atoms with Gasteiger partial charge in [0.25, 0.3) is 5.91 Å². The van der Waals surface area contributed by atoms with Crippen molar-refractivity contribution >= 4 is 34.0 Å². The lowest BCUT2D eigenvalue weighted by Crippen LogP contribution is -2.29. The summed E-state index contributed by atoms with van der Waals surface area (Å²) in [6.45, 7) is 0.715. The van der Waals surface area contributed by atoms with Gasteiger partial charge < -0.3 is 11.1 Å². The van der Waals surface area contributed by atoms with Crippen molar-refractivity contribution in [2.24, 2.45) is 0 Å². The largest absolute Gasteiger partial charge is 0.399 e. The van der Waals surface area contributed by atoms with Gasteiger partial charge in [-0.2, -0.15) is 0 Å². The second-order valence-corrected chi connectivity index (χ2v) is 5.73. The third-order valence-corrected chi connectivity index (χ3v) is 2.90. The molecule has 0 aromatic heterocycles. The van der Waals surface area contributed by atoms with Gasteiger partial charge in [0.05, 0.1) is 6.26 Å². The number of nitrogens with two attached hydrogens (primary N) is 1. The zero-order valence-corrected chi connectivity index (χ0v) is 12.2. The van der Waals surface area contributed by atoms with Gasteiger partial charge in [0.2, 0.25) is 10.0 Å². The number of anilines is 1. The maximum absolute atomic E-state index is 11.6. The minimum absolute atomic E-state index is 0. The van der Waals surface area contributed by atoms with Crippen LogP contribution in [0.2, 0.25) is 0 Å². The highest BCUT2D eigenvalue weighted by atomic mass is 35.5. The molecule has 0 saturated carbocycles. The Labute approximate surface area is 119 Å². The summed E-state index contributed by atoms with van der Waals surface area (Å²) in [5, 5.41) is 2.69. The Bertz CT molecular complexity index is 502. The van der Waals surface area contributed by atoms with Gasteiger partial charge in [-0.1, -0.05) is 0 Å². The summed E-state index contributed by atoms with van der Waals surface area (Å²) in [5.41, 5.74) is 6.64. The van der Waals surface area contributed by atoms with Crippen LogP contribution in [0.1, 0.15) is 16.8 Å². The monoisotopic (exact) mass is 307 g/mol. The fourth-order valence-electron chi connectivity index (χ4n) is 1.28. The number of carbonyl (C=O) groups excluding carboxylic acids is 1. The Morgan fingerprint density at radius 1 is 1.21 bits per heavy atom. The van der Waals surface area contributed by atoms with Gasteiger partial charge in [0, 0.05) is 24.3 Å². The second kappa shape index (κ2) is 7.98. The van der Waals surface area contributed by atoms with E-state index in [4.69, 9.17) is 5.73 Å². The Kier molecular flexibility index (Phi) is 7.43. The van der Waals surface area contributed by atoms with Crippen LogP contribution in [-0.2, 0) is 10.0 Å². The normalized spacial score (nSPS) is 10.6. The number of amides is 1. The van der Waals surface area contributed by atoms with Gasteiger partial charge in [0.1, 0.15) is 0 Å². The van der Waals surface area contributed by atoms with Gasteiger partial charge in [-0.05, 0) is 30.7 Å². The number of rotatable bonds is 6. The number of nitrogen functional groups attached to an aromatic ring is 1. The zero-order valence-electron chi connectivity index (χ0n) is 10.5. The SMILES string of the molecule is CS(=O)(=O)NCCCNC(=O)c1ccc(N)cc1.Cl. The minimum atomic E-state index is -3.16. The molecule has 8 heteroatoms. The molecule has 0 heterocycles. The van der Waals surface area contributed by atoms with Crippen LogP contribution < -0.4 is 15.8 Å². The molecule has 0 radical (unpaired) electrons. The molecule has 108 valence electrons. The predicted octanol–water partition coefficient (Wildman–Crippen LogP) is 0.360. The third kappa shape index (κ3) is 7.66. The molecule has 19 heavy (non-hydrogen) atoms. The molecule has 6 nitrogen and oxygen atoms in total. The molecule has 0 unspecified atom stereocenters. The molecule has 1 amide bonds. The van der Waals surface area contributed by atoms with Crippen molar-refractivity contribution in [1.82, 2.24) is 10.0 Å². The summed E-state index contributed by atoms with van der Waals surface area (Å²) in [6.07, 6.45) is 1.63. The highest BCUT2D eigenvalue weighted by Crippen LogP contribution is 2.04. The molecule has 0 fully saturated rings. The molecular weight excluding hydrogens is 290 g/mol. The van der Waals surface area contributed by atoms with E-state index in [2.05, 4.69) is 10.0 Å². The van der Waals surface area contributed by atoms with E-state index >= 15 is 0 Å². The van der Waals surface area contributed by atoms with Crippen LogP contribution in [0.4, 0.5) is 5.69 Å². The number of hydrogen-bond donors (Lipinski definition) is 3. The third-order valence-electron chi connectivity index (χ3n) is 2.18. The Hall–Kier alpha value is -1.31. The minimum Gasteiger partial charge on any atom is -0.399 e. The highest BCUT2D eigenvalue weighted by Gasteiger charge is 2.04. The lowest BCUT2D eigenvalue weighted by atomic mass is 10.2. The standard InChI is InChI=1S/C11H17N3O3S.ClH/c1-18(16,17)14-8-2-7-13-11(15)9-3-5-10(12)6-4-9;/h3-6,14H,2,7-8,12H2,1H3,(H,13,15);1H. The van der Waals surface area contributed by atoms with Crippen LogP contribution in [-0.4, -0.2) is 33.7 Å². The van der Waals surface area contributed by atoms with Crippen LogP contribution in [0.25, 0.3) is 0 Å². The van der Waals surface area contributed by atoms with Crippen molar-refractivity contribution in [3.63, 3.8) is 0 Å². The zero-order chi connectivity index (χ0) is 13.6. The summed E-state index contributed by atoms with van der Waals surface area (Å²) < 4.78 is 23.9. The molecule has 1 aromatic rings. The molecule has 0 aliphatic rings. The molecule has 1 rings (SSSR count). The second-order valence-electron chi connectivity index (χ2n) is 3.90. The number of halogens is 1. The van der Waals surface area contributed by atoms with E-state index in [0.717, 1.165) is 6.26 Å². The Balaban J connectivity index is 0.00000324. The number of carbonyl (C=O) groups is 1. The van der Waals surface area contributed by atoms with Crippen molar-refractivity contribution in [3.05, 3.63) is 29.8 Å². The van der Waals surface area contributed by atoms with E-state index in [1.807, 2.05) is 0 Å². The van der Waals surface area contributed by atoms with Crippen molar-refractivity contribution in [2.75, 3.05) is 25.1 Å². The van der Waals surface area contributed by atoms with Crippen LogP contribution in [0.3, 0.4) is 0 Å². The first-order chi connectivity index (χ1) is 8.38. The molecule has 1 aromatic carbocycles. The number of hydrogen-bond acceptors (Lipinski definition) is 4. The molecular formula is C11H18ClN3O3S. The maximum atomic E-state index is 11.6. The number of sulfonamides is 1. The van der Waals surface area contributed by atoms with Gasteiger partial charge in [-0.15, -0.1) is 12.4 Å². The van der Waals surface area contributed by atoms with Crippen LogP contribution >= 0.6 is 12.4 Å². The lowest BCUT2D eigenvalue weighted by molar-refractivity contribution is 0.0953. The van der Waals surface area contributed by atoms with E-state index in [9.17, 15) is 13.2 Å². The predicted molar refractivity (Wildman–Crippen MR) is 77.9 cm³/mol. The lowest BCUT2D eigenvalue weighted by Gasteiger charge is -2.05. The van der Waals surface area contributed by atoms with Crippen molar-refractivity contribution in [3.8, 4) is 0 Å². The van der Waals surface area contributed by atoms with E-state index in [0.29, 0.717) is 30.8 Å². The number of benzene rings is 1. The van der Waals surface area contributed by atoms with Crippen molar-refractivity contribution in [1.29, 1.82) is 0 Å². The van der Waals surface area contributed by atoms with E-state index in [1.54, 1.807) is 24.3 Å². The molecule has 0 spiro atoms. The van der Waals surface area contributed by atoms with E-state index in [-0.39, 0.29) is 18.3 Å². The summed E-state index contributed by atoms with van der Waals surface area (Å²) in [7, 11) is -3.16. The Morgan fingerprint density at radius 3 is 2.32 bits per heavy atom. The van der Waals surface area contributed by atoms with Crippen molar-refractivity contribution in [2.45, 2.75) is 6.42 Å². The average molecular weight is 308 g/mol. The molecule has 0 saturated heterocycles. The van der Waals surface area contributed by atoms with Gasteiger partial charge >= 0.3 is 0 Å².